The Hall–Kier alpha value is -2.83. The molecule has 2 fully saturated rings. The van der Waals surface area contributed by atoms with E-state index >= 15 is 0 Å². The summed E-state index contributed by atoms with van der Waals surface area (Å²) in [6, 6.07) is 3.63. The van der Waals surface area contributed by atoms with Gasteiger partial charge in [0.1, 0.15) is 0 Å². The number of anilines is 1. The largest absolute Gasteiger partial charge is 0.274 e. The molecule has 0 unspecified atom stereocenters. The molecule has 2 bridgehead atoms. The maximum atomic E-state index is 12.7. The third-order valence-electron chi connectivity index (χ3n) is 5.08. The van der Waals surface area contributed by atoms with Crippen molar-refractivity contribution in [3.63, 3.8) is 0 Å². The average Bonchev–Trinajstić information content (AvgIpc) is 3.33. The summed E-state index contributed by atoms with van der Waals surface area (Å²) in [7, 11) is 0. The van der Waals surface area contributed by atoms with Crippen molar-refractivity contribution >= 4 is 17.8 Å². The molecular weight excluding hydrogens is 294 g/mol. The highest BCUT2D eigenvalue weighted by Crippen LogP contribution is 2.52. The van der Waals surface area contributed by atoms with Crippen molar-refractivity contribution in [3.8, 4) is 11.4 Å². The summed E-state index contributed by atoms with van der Waals surface area (Å²) < 4.78 is 0. The number of aromatic amines is 1. The van der Waals surface area contributed by atoms with Gasteiger partial charge in [-0.1, -0.05) is 12.2 Å². The first-order valence-corrected chi connectivity index (χ1v) is 7.63. The molecular formula is C16H13N5O2. The second kappa shape index (κ2) is 4.34. The molecule has 1 N–H and O–H groups in total. The van der Waals surface area contributed by atoms with Gasteiger partial charge in [0.25, 0.3) is 5.95 Å². The number of nitrogens with zero attached hydrogens (tertiary/aromatic N) is 4. The Kier molecular flexibility index (Phi) is 2.40. The molecule has 7 heteroatoms. The Morgan fingerprint density at radius 2 is 1.87 bits per heavy atom. The van der Waals surface area contributed by atoms with Gasteiger partial charge in [-0.3, -0.25) is 19.7 Å². The van der Waals surface area contributed by atoms with Gasteiger partial charge in [-0.2, -0.15) is 4.98 Å². The number of hydrogen-bond donors (Lipinski definition) is 1. The normalized spacial score (nSPS) is 31.2. The van der Waals surface area contributed by atoms with Crippen molar-refractivity contribution in [1.29, 1.82) is 0 Å². The molecule has 2 aliphatic carbocycles. The highest BCUT2D eigenvalue weighted by atomic mass is 16.2. The van der Waals surface area contributed by atoms with E-state index in [1.165, 1.54) is 0 Å². The van der Waals surface area contributed by atoms with Crippen molar-refractivity contribution in [2.24, 2.45) is 23.7 Å². The van der Waals surface area contributed by atoms with Crippen LogP contribution >= 0.6 is 0 Å². The highest BCUT2D eigenvalue weighted by Gasteiger charge is 2.60. The summed E-state index contributed by atoms with van der Waals surface area (Å²) in [4.78, 5) is 34.9. The van der Waals surface area contributed by atoms with Crippen molar-refractivity contribution in [2.75, 3.05) is 4.90 Å². The Balaban J connectivity index is 1.51. The van der Waals surface area contributed by atoms with Gasteiger partial charge in [0.05, 0.1) is 11.8 Å². The van der Waals surface area contributed by atoms with Crippen molar-refractivity contribution in [3.05, 3.63) is 36.7 Å². The number of amides is 2. The molecule has 0 spiro atoms. The maximum Gasteiger partial charge on any atom is 0.258 e. The molecule has 1 aliphatic heterocycles. The van der Waals surface area contributed by atoms with Crippen LogP contribution in [-0.2, 0) is 9.59 Å². The number of aromatic nitrogens is 4. The summed E-state index contributed by atoms with van der Waals surface area (Å²) in [5.41, 5.74) is 0.757. The van der Waals surface area contributed by atoms with Crippen LogP contribution in [0.4, 0.5) is 5.95 Å². The van der Waals surface area contributed by atoms with Gasteiger partial charge in [0, 0.05) is 18.0 Å². The number of fused-ring (bicyclic) bond motifs is 5. The Morgan fingerprint density at radius 3 is 2.52 bits per heavy atom. The smallest absolute Gasteiger partial charge is 0.258 e. The van der Waals surface area contributed by atoms with Crippen LogP contribution in [0.3, 0.4) is 0 Å². The van der Waals surface area contributed by atoms with E-state index in [9.17, 15) is 9.59 Å². The molecule has 3 aliphatic rings. The number of allylic oxidation sites excluding steroid dienone is 2. The molecule has 1 saturated heterocycles. The Bertz CT molecular complexity index is 813. The summed E-state index contributed by atoms with van der Waals surface area (Å²) in [5.74, 6) is 0.170. The van der Waals surface area contributed by atoms with E-state index in [1.54, 1.807) is 18.5 Å². The van der Waals surface area contributed by atoms with Crippen molar-refractivity contribution in [2.45, 2.75) is 6.42 Å². The van der Waals surface area contributed by atoms with Crippen LogP contribution in [0.25, 0.3) is 11.4 Å². The standard InChI is InChI=1S/C16H13N5O2/c22-14-11-8-3-4-9(6-8)12(11)15(23)21(14)16-18-13(19-20-16)10-2-1-5-17-7-10/h1-5,7-9,11-12H,6H2,(H,18,19,20)/t8-,9-,11+,12+/m0/s1. The third kappa shape index (κ3) is 1.61. The number of pyridine rings is 1. The van der Waals surface area contributed by atoms with E-state index in [2.05, 4.69) is 32.3 Å². The van der Waals surface area contributed by atoms with Gasteiger partial charge in [0.15, 0.2) is 5.82 Å². The molecule has 1 saturated carbocycles. The number of carbonyl (C=O) groups excluding carboxylic acids is 2. The fourth-order valence-electron chi connectivity index (χ4n) is 4.08. The first-order valence-electron chi connectivity index (χ1n) is 7.63. The number of hydrogen-bond acceptors (Lipinski definition) is 5. The predicted octanol–water partition coefficient (Wildman–Crippen LogP) is 1.18. The van der Waals surface area contributed by atoms with E-state index in [1.807, 2.05) is 6.07 Å². The van der Waals surface area contributed by atoms with Gasteiger partial charge in [-0.25, -0.2) is 4.90 Å². The number of rotatable bonds is 2. The summed E-state index contributed by atoms with van der Waals surface area (Å²) in [5, 5.41) is 6.85. The molecule has 23 heavy (non-hydrogen) atoms. The quantitative estimate of drug-likeness (QED) is 0.664. The van der Waals surface area contributed by atoms with Gasteiger partial charge in [-0.05, 0) is 30.4 Å². The van der Waals surface area contributed by atoms with Crippen molar-refractivity contribution in [1.82, 2.24) is 20.2 Å². The zero-order valence-electron chi connectivity index (χ0n) is 12.1. The van der Waals surface area contributed by atoms with Crippen LogP contribution in [0.1, 0.15) is 6.42 Å². The lowest BCUT2D eigenvalue weighted by Gasteiger charge is -2.14. The topological polar surface area (TPSA) is 91.8 Å². The van der Waals surface area contributed by atoms with E-state index in [-0.39, 0.29) is 41.4 Å². The molecule has 5 rings (SSSR count). The summed E-state index contributed by atoms with van der Waals surface area (Å²) in [6.07, 6.45) is 8.36. The molecule has 3 heterocycles. The van der Waals surface area contributed by atoms with Gasteiger partial charge in [0.2, 0.25) is 11.8 Å². The zero-order chi connectivity index (χ0) is 15.6. The molecule has 2 amide bonds. The van der Waals surface area contributed by atoms with Crippen LogP contribution in [0.5, 0.6) is 0 Å². The fraction of sp³-hybridized carbons (Fsp3) is 0.312. The van der Waals surface area contributed by atoms with Crippen LogP contribution in [0, 0.1) is 23.7 Å². The molecule has 2 aromatic rings. The molecule has 114 valence electrons. The third-order valence-corrected chi connectivity index (χ3v) is 5.08. The van der Waals surface area contributed by atoms with Gasteiger partial charge < -0.3 is 0 Å². The van der Waals surface area contributed by atoms with E-state index in [0.29, 0.717) is 5.82 Å². The number of H-pyrrole nitrogens is 1. The number of nitrogens with one attached hydrogen (secondary N) is 1. The Morgan fingerprint density at radius 1 is 1.13 bits per heavy atom. The minimum atomic E-state index is -0.238. The summed E-state index contributed by atoms with van der Waals surface area (Å²) in [6.45, 7) is 0. The lowest BCUT2D eigenvalue weighted by atomic mass is 9.85. The van der Waals surface area contributed by atoms with E-state index in [4.69, 9.17) is 0 Å². The molecule has 4 atom stereocenters. The fourth-order valence-corrected chi connectivity index (χ4v) is 4.08. The number of imide groups is 1. The molecule has 0 radical (unpaired) electrons. The maximum absolute atomic E-state index is 12.7. The van der Waals surface area contributed by atoms with Crippen LogP contribution in [0.15, 0.2) is 36.7 Å². The zero-order valence-corrected chi connectivity index (χ0v) is 12.1. The molecule has 2 aromatic heterocycles. The van der Waals surface area contributed by atoms with Crippen LogP contribution in [-0.4, -0.2) is 32.0 Å². The predicted molar refractivity (Wildman–Crippen MR) is 79.8 cm³/mol. The van der Waals surface area contributed by atoms with Crippen LogP contribution in [0.2, 0.25) is 0 Å². The van der Waals surface area contributed by atoms with Gasteiger partial charge in [-0.15, -0.1) is 5.10 Å². The SMILES string of the molecule is O=C1[C@H]2[C@H](C(=O)N1c1n[nH]c(-c3cccnc3)n1)[C@H]1C=C[C@H]2C1. The lowest BCUT2D eigenvalue weighted by molar-refractivity contribution is -0.123. The Labute approximate surface area is 131 Å². The number of carbonyl (C=O) groups is 2. The van der Waals surface area contributed by atoms with E-state index < -0.39 is 0 Å². The van der Waals surface area contributed by atoms with Crippen molar-refractivity contribution < 1.29 is 9.59 Å². The highest BCUT2D eigenvalue weighted by molar-refractivity contribution is 6.21. The molecule has 7 nitrogen and oxygen atoms in total. The monoisotopic (exact) mass is 307 g/mol. The van der Waals surface area contributed by atoms with Crippen LogP contribution < -0.4 is 4.90 Å². The summed E-state index contributed by atoms with van der Waals surface area (Å²) >= 11 is 0. The average molecular weight is 307 g/mol. The van der Waals surface area contributed by atoms with E-state index in [0.717, 1.165) is 16.9 Å². The first kappa shape index (κ1) is 12.7. The lowest BCUT2D eigenvalue weighted by Crippen LogP contribution is -2.33. The van der Waals surface area contributed by atoms with Gasteiger partial charge >= 0.3 is 0 Å². The minimum Gasteiger partial charge on any atom is -0.274 e. The second-order valence-corrected chi connectivity index (χ2v) is 6.24. The minimum absolute atomic E-state index is 0.132. The molecule has 0 aromatic carbocycles. The first-order chi connectivity index (χ1) is 11.2. The second-order valence-electron chi connectivity index (χ2n) is 6.24.